The lowest BCUT2D eigenvalue weighted by atomic mass is 10.1. The van der Waals surface area contributed by atoms with Gasteiger partial charge in [0, 0.05) is 12.6 Å². The van der Waals surface area contributed by atoms with E-state index in [4.69, 9.17) is 9.47 Å². The number of piperidine rings is 1. The van der Waals surface area contributed by atoms with Gasteiger partial charge in [-0.2, -0.15) is 5.10 Å². The Bertz CT molecular complexity index is 707. The number of likely N-dealkylation sites (tertiary alicyclic amines) is 1. The van der Waals surface area contributed by atoms with E-state index < -0.39 is 0 Å². The molecule has 0 aliphatic carbocycles. The highest BCUT2D eigenvalue weighted by Crippen LogP contribution is 2.17. The fourth-order valence-corrected chi connectivity index (χ4v) is 2.65. The van der Waals surface area contributed by atoms with Crippen LogP contribution in [0.2, 0.25) is 0 Å². The summed E-state index contributed by atoms with van der Waals surface area (Å²) in [6, 6.07) is 9.22. The molecule has 132 valence electrons. The number of amides is 1. The molecule has 3 rings (SSSR count). The molecule has 0 saturated carbocycles. The van der Waals surface area contributed by atoms with Gasteiger partial charge in [-0.1, -0.05) is 0 Å². The zero-order chi connectivity index (χ0) is 17.6. The summed E-state index contributed by atoms with van der Waals surface area (Å²) >= 11 is 0. The summed E-state index contributed by atoms with van der Waals surface area (Å²) < 4.78 is 24.1. The molecule has 2 aromatic rings. The Morgan fingerprint density at radius 2 is 2.04 bits per heavy atom. The van der Waals surface area contributed by atoms with Crippen LogP contribution in [0.25, 0.3) is 0 Å². The summed E-state index contributed by atoms with van der Waals surface area (Å²) in [5, 5.41) is 7.96. The maximum Gasteiger partial charge on any atom is 0.260 e. The molecule has 1 atom stereocenters. The fraction of sp³-hybridized carbons (Fsp3) is 0.389. The maximum atomic E-state index is 12.9. The van der Waals surface area contributed by atoms with Crippen LogP contribution in [-0.2, 0) is 4.79 Å². The molecule has 1 aliphatic heterocycles. The lowest BCUT2D eigenvalue weighted by molar-refractivity contribution is -0.136. The van der Waals surface area contributed by atoms with E-state index in [1.165, 1.54) is 24.3 Å². The molecule has 1 amide bonds. The van der Waals surface area contributed by atoms with E-state index in [1.807, 2.05) is 13.0 Å². The number of benzene rings is 1. The van der Waals surface area contributed by atoms with Crippen LogP contribution in [0.5, 0.6) is 11.6 Å². The lowest BCUT2D eigenvalue weighted by Crippen LogP contribution is -2.46. The second kappa shape index (κ2) is 7.92. The average molecular weight is 345 g/mol. The van der Waals surface area contributed by atoms with Gasteiger partial charge in [-0.05, 0) is 50.1 Å². The molecule has 7 heteroatoms. The number of carbonyl (C=O) groups is 1. The highest BCUT2D eigenvalue weighted by atomic mass is 19.1. The van der Waals surface area contributed by atoms with E-state index in [0.29, 0.717) is 24.7 Å². The number of ether oxygens (including phenoxy) is 2. The summed E-state index contributed by atoms with van der Waals surface area (Å²) in [5.41, 5.74) is 0.825. The van der Waals surface area contributed by atoms with Crippen molar-refractivity contribution in [1.29, 1.82) is 0 Å². The minimum absolute atomic E-state index is 0.0807. The van der Waals surface area contributed by atoms with Gasteiger partial charge in [-0.15, -0.1) is 5.10 Å². The monoisotopic (exact) mass is 345 g/mol. The summed E-state index contributed by atoms with van der Waals surface area (Å²) in [7, 11) is 0. The van der Waals surface area contributed by atoms with Crippen LogP contribution in [0.1, 0.15) is 18.5 Å². The first-order valence-electron chi connectivity index (χ1n) is 8.23. The Morgan fingerprint density at radius 3 is 2.76 bits per heavy atom. The maximum absolute atomic E-state index is 12.9. The molecule has 1 fully saturated rings. The van der Waals surface area contributed by atoms with Crippen molar-refractivity contribution in [3.05, 3.63) is 47.9 Å². The van der Waals surface area contributed by atoms with Crippen molar-refractivity contribution < 1.29 is 18.7 Å². The first-order valence-corrected chi connectivity index (χ1v) is 8.23. The molecule has 0 spiro atoms. The molecule has 0 bridgehead atoms. The molecule has 25 heavy (non-hydrogen) atoms. The van der Waals surface area contributed by atoms with E-state index in [2.05, 4.69) is 10.2 Å². The average Bonchev–Trinajstić information content (AvgIpc) is 2.63. The SMILES string of the molecule is Cc1ccc(OC2CCCN(C(=O)COc3ccc(F)cc3)C2)nn1. The zero-order valence-corrected chi connectivity index (χ0v) is 14.0. The first kappa shape index (κ1) is 17.1. The highest BCUT2D eigenvalue weighted by molar-refractivity contribution is 5.77. The molecule has 1 saturated heterocycles. The number of halogens is 1. The molecule has 1 aliphatic rings. The van der Waals surface area contributed by atoms with Crippen molar-refractivity contribution in [1.82, 2.24) is 15.1 Å². The second-order valence-electron chi connectivity index (χ2n) is 5.98. The van der Waals surface area contributed by atoms with E-state index in [1.54, 1.807) is 11.0 Å². The molecular formula is C18H20FN3O3. The molecule has 2 heterocycles. The van der Waals surface area contributed by atoms with Crippen molar-refractivity contribution in [3.8, 4) is 11.6 Å². The predicted octanol–water partition coefficient (Wildman–Crippen LogP) is 2.37. The lowest BCUT2D eigenvalue weighted by Gasteiger charge is -2.32. The number of aryl methyl sites for hydroxylation is 1. The van der Waals surface area contributed by atoms with Crippen molar-refractivity contribution >= 4 is 5.91 Å². The van der Waals surface area contributed by atoms with Crippen molar-refractivity contribution in [2.24, 2.45) is 0 Å². The van der Waals surface area contributed by atoms with Crippen LogP contribution < -0.4 is 9.47 Å². The smallest absolute Gasteiger partial charge is 0.260 e. The van der Waals surface area contributed by atoms with Crippen molar-refractivity contribution in [3.63, 3.8) is 0 Å². The number of aromatic nitrogens is 2. The largest absolute Gasteiger partial charge is 0.484 e. The minimum Gasteiger partial charge on any atom is -0.484 e. The van der Waals surface area contributed by atoms with Gasteiger partial charge >= 0.3 is 0 Å². The molecule has 1 aromatic heterocycles. The Balaban J connectivity index is 1.50. The van der Waals surface area contributed by atoms with Gasteiger partial charge in [0.15, 0.2) is 6.61 Å². The van der Waals surface area contributed by atoms with E-state index >= 15 is 0 Å². The van der Waals surface area contributed by atoms with Crippen molar-refractivity contribution in [2.45, 2.75) is 25.9 Å². The van der Waals surface area contributed by atoms with Gasteiger partial charge in [0.2, 0.25) is 5.88 Å². The van der Waals surface area contributed by atoms with E-state index in [0.717, 1.165) is 18.5 Å². The number of hydrogen-bond donors (Lipinski definition) is 0. The van der Waals surface area contributed by atoms with Gasteiger partial charge in [-0.25, -0.2) is 4.39 Å². The van der Waals surface area contributed by atoms with Crippen LogP contribution in [0.15, 0.2) is 36.4 Å². The normalized spacial score (nSPS) is 17.2. The van der Waals surface area contributed by atoms with Crippen LogP contribution in [0, 0.1) is 12.7 Å². The Kier molecular flexibility index (Phi) is 5.42. The summed E-state index contributed by atoms with van der Waals surface area (Å²) in [6.07, 6.45) is 1.60. The zero-order valence-electron chi connectivity index (χ0n) is 14.0. The molecule has 0 radical (unpaired) electrons. The van der Waals surface area contributed by atoms with Crippen molar-refractivity contribution in [2.75, 3.05) is 19.7 Å². The van der Waals surface area contributed by atoms with E-state index in [9.17, 15) is 9.18 Å². The highest BCUT2D eigenvalue weighted by Gasteiger charge is 2.25. The predicted molar refractivity (Wildman–Crippen MR) is 88.9 cm³/mol. The number of carbonyl (C=O) groups excluding carboxylic acids is 1. The second-order valence-corrected chi connectivity index (χ2v) is 5.98. The summed E-state index contributed by atoms with van der Waals surface area (Å²) in [5.74, 6) is 0.475. The minimum atomic E-state index is -0.339. The van der Waals surface area contributed by atoms with Gasteiger partial charge in [0.05, 0.1) is 12.2 Å². The van der Waals surface area contributed by atoms with Gasteiger partial charge in [0.25, 0.3) is 5.91 Å². The Labute approximate surface area is 145 Å². The number of nitrogens with zero attached hydrogens (tertiary/aromatic N) is 3. The molecule has 1 unspecified atom stereocenters. The number of hydrogen-bond acceptors (Lipinski definition) is 5. The van der Waals surface area contributed by atoms with Crippen LogP contribution in [-0.4, -0.2) is 46.8 Å². The van der Waals surface area contributed by atoms with Crippen LogP contribution in [0.3, 0.4) is 0 Å². The molecule has 1 aromatic carbocycles. The summed E-state index contributed by atoms with van der Waals surface area (Å²) in [6.45, 7) is 2.94. The summed E-state index contributed by atoms with van der Waals surface area (Å²) in [4.78, 5) is 14.0. The number of rotatable bonds is 5. The third-order valence-electron chi connectivity index (χ3n) is 3.97. The van der Waals surface area contributed by atoms with E-state index in [-0.39, 0.29) is 24.4 Å². The third kappa shape index (κ3) is 4.89. The first-order chi connectivity index (χ1) is 12.1. The fourth-order valence-electron chi connectivity index (χ4n) is 2.65. The van der Waals surface area contributed by atoms with Gasteiger partial charge in [-0.3, -0.25) is 4.79 Å². The quantitative estimate of drug-likeness (QED) is 0.832. The molecule has 6 nitrogen and oxygen atoms in total. The van der Waals surface area contributed by atoms with Crippen LogP contribution in [0.4, 0.5) is 4.39 Å². The van der Waals surface area contributed by atoms with Crippen LogP contribution >= 0.6 is 0 Å². The van der Waals surface area contributed by atoms with Gasteiger partial charge in [0.1, 0.15) is 17.7 Å². The molecule has 0 N–H and O–H groups in total. The molecular weight excluding hydrogens is 325 g/mol. The van der Waals surface area contributed by atoms with Gasteiger partial charge < -0.3 is 14.4 Å². The Morgan fingerprint density at radius 1 is 1.24 bits per heavy atom. The standard InChI is InChI=1S/C18H20FN3O3/c1-13-4-9-17(21-20-13)25-16-3-2-10-22(11-16)18(23)12-24-15-7-5-14(19)6-8-15/h4-9,16H,2-3,10-12H2,1H3. The topological polar surface area (TPSA) is 64.5 Å². The third-order valence-corrected chi connectivity index (χ3v) is 3.97. The Hall–Kier alpha value is -2.70.